The fourth-order valence-corrected chi connectivity index (χ4v) is 1.77. The van der Waals surface area contributed by atoms with Crippen LogP contribution in [0.5, 0.6) is 0 Å². The van der Waals surface area contributed by atoms with E-state index in [4.69, 9.17) is 5.11 Å². The van der Waals surface area contributed by atoms with E-state index < -0.39 is 17.3 Å². The summed E-state index contributed by atoms with van der Waals surface area (Å²) in [5.41, 5.74) is 0.0403. The number of hydrogen-bond acceptors (Lipinski definition) is 2. The smallest absolute Gasteiger partial charge is 0.338 e. The average Bonchev–Trinajstić information content (AvgIpc) is 2.65. The Morgan fingerprint density at radius 1 is 1.44 bits per heavy atom. The molecule has 16 heavy (non-hydrogen) atoms. The van der Waals surface area contributed by atoms with Gasteiger partial charge in [0, 0.05) is 18.7 Å². The number of carboxylic acids is 1. The molecule has 1 heterocycles. The van der Waals surface area contributed by atoms with Crippen molar-refractivity contribution >= 4 is 17.6 Å². The van der Waals surface area contributed by atoms with Crippen molar-refractivity contribution in [3.8, 4) is 0 Å². The van der Waals surface area contributed by atoms with Crippen molar-refractivity contribution in [3.05, 3.63) is 29.6 Å². The van der Waals surface area contributed by atoms with Crippen molar-refractivity contribution < 1.29 is 19.1 Å². The molecule has 0 atom stereocenters. The first kappa shape index (κ1) is 10.6. The van der Waals surface area contributed by atoms with Crippen LogP contribution in [0.2, 0.25) is 0 Å². The first-order chi connectivity index (χ1) is 7.59. The summed E-state index contributed by atoms with van der Waals surface area (Å²) in [5, 5.41) is 8.76. The molecule has 0 spiro atoms. The number of carbonyl (C=O) groups is 2. The van der Waals surface area contributed by atoms with Gasteiger partial charge in [0.05, 0.1) is 5.56 Å². The van der Waals surface area contributed by atoms with Gasteiger partial charge in [-0.2, -0.15) is 0 Å². The Hall–Kier alpha value is -1.91. The summed E-state index contributed by atoms with van der Waals surface area (Å²) < 4.78 is 13.1. The molecule has 1 aromatic rings. The van der Waals surface area contributed by atoms with Crippen LogP contribution in [0.1, 0.15) is 23.2 Å². The lowest BCUT2D eigenvalue weighted by atomic mass is 10.2. The van der Waals surface area contributed by atoms with Crippen LogP contribution in [0.4, 0.5) is 10.1 Å². The Bertz CT molecular complexity index is 459. The van der Waals surface area contributed by atoms with Crippen molar-refractivity contribution in [2.75, 3.05) is 11.4 Å². The molecule has 0 unspecified atom stereocenters. The summed E-state index contributed by atoms with van der Waals surface area (Å²) in [6, 6.07) is 3.69. The highest BCUT2D eigenvalue weighted by molar-refractivity contribution is 5.97. The normalized spacial score (nSPS) is 15.6. The Labute approximate surface area is 91.3 Å². The van der Waals surface area contributed by atoms with Gasteiger partial charge in [0.2, 0.25) is 5.91 Å². The van der Waals surface area contributed by atoms with Gasteiger partial charge in [-0.3, -0.25) is 4.79 Å². The molecule has 2 rings (SSSR count). The zero-order valence-electron chi connectivity index (χ0n) is 8.44. The molecule has 0 radical (unpaired) electrons. The number of rotatable bonds is 2. The van der Waals surface area contributed by atoms with Crippen molar-refractivity contribution in [2.24, 2.45) is 0 Å². The van der Waals surface area contributed by atoms with Gasteiger partial charge in [-0.1, -0.05) is 0 Å². The third kappa shape index (κ3) is 1.76. The summed E-state index contributed by atoms with van der Waals surface area (Å²) in [7, 11) is 0. The molecule has 0 bridgehead atoms. The van der Waals surface area contributed by atoms with Gasteiger partial charge in [0.15, 0.2) is 0 Å². The van der Waals surface area contributed by atoms with E-state index in [0.717, 1.165) is 12.5 Å². The fraction of sp³-hybridized carbons (Fsp3) is 0.273. The molecule has 1 aliphatic heterocycles. The molecule has 0 aromatic heterocycles. The van der Waals surface area contributed by atoms with E-state index in [9.17, 15) is 14.0 Å². The Balaban J connectivity index is 2.39. The van der Waals surface area contributed by atoms with Crippen molar-refractivity contribution in [2.45, 2.75) is 12.8 Å². The standard InChI is InChI=1S/C11H10FNO3/c12-9-4-3-7(6-8(9)11(15)16)13-5-1-2-10(13)14/h3-4,6H,1-2,5H2,(H,15,16). The van der Waals surface area contributed by atoms with Crippen molar-refractivity contribution in [1.82, 2.24) is 0 Å². The summed E-state index contributed by atoms with van der Waals surface area (Å²) >= 11 is 0. The molecule has 0 aliphatic carbocycles. The number of halogens is 1. The molecule has 1 N–H and O–H groups in total. The number of amides is 1. The van der Waals surface area contributed by atoms with E-state index in [1.165, 1.54) is 17.0 Å². The average molecular weight is 223 g/mol. The largest absolute Gasteiger partial charge is 0.478 e. The molecule has 1 amide bonds. The van der Waals surface area contributed by atoms with E-state index >= 15 is 0 Å². The Morgan fingerprint density at radius 2 is 2.19 bits per heavy atom. The number of anilines is 1. The summed E-state index contributed by atoms with van der Waals surface area (Å²) in [5.74, 6) is -2.17. The number of aromatic carboxylic acids is 1. The number of benzene rings is 1. The van der Waals surface area contributed by atoms with Crippen molar-refractivity contribution in [1.29, 1.82) is 0 Å². The van der Waals surface area contributed by atoms with Gasteiger partial charge in [-0.05, 0) is 24.6 Å². The molecular weight excluding hydrogens is 213 g/mol. The second kappa shape index (κ2) is 3.92. The molecule has 84 valence electrons. The minimum Gasteiger partial charge on any atom is -0.478 e. The predicted molar refractivity (Wildman–Crippen MR) is 54.9 cm³/mol. The lowest BCUT2D eigenvalue weighted by Gasteiger charge is -2.16. The lowest BCUT2D eigenvalue weighted by molar-refractivity contribution is -0.117. The monoisotopic (exact) mass is 223 g/mol. The highest BCUT2D eigenvalue weighted by Crippen LogP contribution is 2.23. The molecular formula is C11H10FNO3. The fourth-order valence-electron chi connectivity index (χ4n) is 1.77. The zero-order chi connectivity index (χ0) is 11.7. The van der Waals surface area contributed by atoms with Gasteiger partial charge in [0.25, 0.3) is 0 Å². The topological polar surface area (TPSA) is 57.6 Å². The van der Waals surface area contributed by atoms with Gasteiger partial charge in [0.1, 0.15) is 5.82 Å². The summed E-state index contributed by atoms with van der Waals surface area (Å²) in [6.07, 6.45) is 1.21. The summed E-state index contributed by atoms with van der Waals surface area (Å²) in [4.78, 5) is 23.6. The predicted octanol–water partition coefficient (Wildman–Crippen LogP) is 1.65. The van der Waals surface area contributed by atoms with Crippen LogP contribution >= 0.6 is 0 Å². The van der Waals surface area contributed by atoms with E-state index in [1.54, 1.807) is 0 Å². The van der Waals surface area contributed by atoms with Crippen LogP contribution in [-0.2, 0) is 4.79 Å². The van der Waals surface area contributed by atoms with Crippen LogP contribution in [0.15, 0.2) is 18.2 Å². The van der Waals surface area contributed by atoms with E-state index in [2.05, 4.69) is 0 Å². The van der Waals surface area contributed by atoms with Crippen LogP contribution in [0, 0.1) is 5.82 Å². The minimum atomic E-state index is -1.33. The first-order valence-corrected chi connectivity index (χ1v) is 4.93. The molecule has 1 aromatic carbocycles. The van der Waals surface area contributed by atoms with Gasteiger partial charge in [-0.15, -0.1) is 0 Å². The molecule has 1 fully saturated rings. The summed E-state index contributed by atoms with van der Waals surface area (Å²) in [6.45, 7) is 0.559. The number of hydrogen-bond donors (Lipinski definition) is 1. The number of carbonyl (C=O) groups excluding carboxylic acids is 1. The first-order valence-electron chi connectivity index (χ1n) is 4.93. The molecule has 1 saturated heterocycles. The molecule has 1 aliphatic rings. The maximum Gasteiger partial charge on any atom is 0.338 e. The van der Waals surface area contributed by atoms with Crippen molar-refractivity contribution in [3.63, 3.8) is 0 Å². The quantitative estimate of drug-likeness (QED) is 0.829. The second-order valence-corrected chi connectivity index (χ2v) is 3.62. The van der Waals surface area contributed by atoms with Crippen LogP contribution in [0.3, 0.4) is 0 Å². The van der Waals surface area contributed by atoms with Crippen LogP contribution in [-0.4, -0.2) is 23.5 Å². The Morgan fingerprint density at radius 3 is 2.75 bits per heavy atom. The van der Waals surface area contributed by atoms with Gasteiger partial charge >= 0.3 is 5.97 Å². The Kier molecular flexibility index (Phi) is 2.60. The van der Waals surface area contributed by atoms with E-state index in [-0.39, 0.29) is 5.91 Å². The lowest BCUT2D eigenvalue weighted by Crippen LogP contribution is -2.24. The number of nitrogens with zero attached hydrogens (tertiary/aromatic N) is 1. The zero-order valence-corrected chi connectivity index (χ0v) is 8.44. The highest BCUT2D eigenvalue weighted by Gasteiger charge is 2.23. The second-order valence-electron chi connectivity index (χ2n) is 3.62. The minimum absolute atomic E-state index is 0.0528. The highest BCUT2D eigenvalue weighted by atomic mass is 19.1. The maximum absolute atomic E-state index is 13.1. The molecule has 4 nitrogen and oxygen atoms in total. The molecule has 5 heteroatoms. The van der Waals surface area contributed by atoms with Gasteiger partial charge in [-0.25, -0.2) is 9.18 Å². The van der Waals surface area contributed by atoms with E-state index in [0.29, 0.717) is 18.7 Å². The maximum atomic E-state index is 13.1. The van der Waals surface area contributed by atoms with Gasteiger partial charge < -0.3 is 10.0 Å². The van der Waals surface area contributed by atoms with Crippen LogP contribution in [0.25, 0.3) is 0 Å². The van der Waals surface area contributed by atoms with Crippen LogP contribution < -0.4 is 4.90 Å². The third-order valence-electron chi connectivity index (χ3n) is 2.57. The molecule has 0 saturated carbocycles. The number of carboxylic acid groups (broad SMARTS) is 1. The van der Waals surface area contributed by atoms with E-state index in [1.807, 2.05) is 0 Å². The third-order valence-corrected chi connectivity index (χ3v) is 2.57. The SMILES string of the molecule is O=C(O)c1cc(N2CCCC2=O)ccc1F.